The molecule has 0 saturated heterocycles. The predicted octanol–water partition coefficient (Wildman–Crippen LogP) is 1.19. The second-order valence-corrected chi connectivity index (χ2v) is 4.53. The molecule has 1 aromatic rings. The van der Waals surface area contributed by atoms with Crippen LogP contribution < -0.4 is 16.8 Å². The van der Waals surface area contributed by atoms with Crippen LogP contribution in [0.3, 0.4) is 0 Å². The fourth-order valence-electron chi connectivity index (χ4n) is 1.69. The van der Waals surface area contributed by atoms with E-state index >= 15 is 0 Å². The summed E-state index contributed by atoms with van der Waals surface area (Å²) >= 11 is 0. The van der Waals surface area contributed by atoms with Gasteiger partial charge in [-0.25, -0.2) is 0 Å². The average molecular weight is 251 g/mol. The first-order chi connectivity index (χ1) is 8.54. The van der Waals surface area contributed by atoms with Crippen LogP contribution in [0.5, 0.6) is 0 Å². The molecule has 1 rings (SSSR count). The van der Waals surface area contributed by atoms with E-state index in [2.05, 4.69) is 5.32 Å². The summed E-state index contributed by atoms with van der Waals surface area (Å²) in [5.41, 5.74) is 12.7. The summed E-state index contributed by atoms with van der Waals surface area (Å²) in [6.45, 7) is 2.91. The van der Waals surface area contributed by atoms with Crippen LogP contribution >= 0.6 is 0 Å². The highest BCUT2D eigenvalue weighted by Gasteiger charge is 2.08. The Balaban J connectivity index is 2.55. The van der Waals surface area contributed by atoms with E-state index in [0.29, 0.717) is 29.4 Å². The van der Waals surface area contributed by atoms with Gasteiger partial charge in [-0.05, 0) is 37.0 Å². The number of carbonyl (C=O) groups is 1. The number of amides is 1. The van der Waals surface area contributed by atoms with Crippen LogP contribution in [0.25, 0.3) is 0 Å². The third-order valence-electron chi connectivity index (χ3n) is 2.81. The summed E-state index contributed by atoms with van der Waals surface area (Å²) in [5, 5.41) is 12.1. The van der Waals surface area contributed by atoms with Crippen LogP contribution in [0, 0.1) is 5.92 Å². The molecular formula is C13H21N3O2. The van der Waals surface area contributed by atoms with Gasteiger partial charge < -0.3 is 21.9 Å². The lowest BCUT2D eigenvalue weighted by atomic mass is 10.1. The van der Waals surface area contributed by atoms with E-state index in [1.807, 2.05) is 6.92 Å². The van der Waals surface area contributed by atoms with Crippen molar-refractivity contribution in [1.29, 1.82) is 0 Å². The van der Waals surface area contributed by atoms with E-state index in [0.717, 1.165) is 12.8 Å². The van der Waals surface area contributed by atoms with Crippen LogP contribution in [0.15, 0.2) is 18.2 Å². The highest BCUT2D eigenvalue weighted by atomic mass is 16.3. The number of aliphatic hydroxyl groups excluding tert-OH is 1. The molecule has 0 spiro atoms. The number of nitrogens with one attached hydrogen (secondary N) is 1. The van der Waals surface area contributed by atoms with Crippen LogP contribution in [-0.2, 0) is 0 Å². The zero-order chi connectivity index (χ0) is 13.5. The molecule has 18 heavy (non-hydrogen) atoms. The van der Waals surface area contributed by atoms with Crippen molar-refractivity contribution in [3.05, 3.63) is 23.8 Å². The largest absolute Gasteiger partial charge is 0.399 e. The van der Waals surface area contributed by atoms with Crippen molar-refractivity contribution in [2.24, 2.45) is 11.7 Å². The first-order valence-electron chi connectivity index (χ1n) is 6.08. The van der Waals surface area contributed by atoms with Gasteiger partial charge in [0.2, 0.25) is 0 Å². The van der Waals surface area contributed by atoms with Gasteiger partial charge in [-0.3, -0.25) is 4.79 Å². The summed E-state index contributed by atoms with van der Waals surface area (Å²) in [6.07, 6.45) is 1.84. The summed E-state index contributed by atoms with van der Waals surface area (Å²) in [5.74, 6) is -0.176. The Bertz CT molecular complexity index is 407. The summed E-state index contributed by atoms with van der Waals surface area (Å²) in [7, 11) is 0. The fourth-order valence-corrected chi connectivity index (χ4v) is 1.69. The molecule has 0 bridgehead atoms. The second kappa shape index (κ2) is 6.86. The van der Waals surface area contributed by atoms with Crippen molar-refractivity contribution < 1.29 is 9.90 Å². The molecule has 0 aliphatic carbocycles. The number of benzene rings is 1. The molecule has 0 aromatic heterocycles. The quantitative estimate of drug-likeness (QED) is 0.432. The maximum absolute atomic E-state index is 11.2. The third kappa shape index (κ3) is 4.25. The molecule has 1 unspecified atom stereocenters. The molecule has 1 amide bonds. The number of anilines is 2. The van der Waals surface area contributed by atoms with Crippen molar-refractivity contribution in [3.63, 3.8) is 0 Å². The number of nitrogens with two attached hydrogens (primary N) is 2. The molecule has 0 aliphatic rings. The van der Waals surface area contributed by atoms with Gasteiger partial charge in [-0.2, -0.15) is 0 Å². The molecule has 5 nitrogen and oxygen atoms in total. The molecule has 0 fully saturated rings. The summed E-state index contributed by atoms with van der Waals surface area (Å²) < 4.78 is 0. The molecule has 5 heteroatoms. The lowest BCUT2D eigenvalue weighted by molar-refractivity contribution is 0.100. The van der Waals surface area contributed by atoms with Crippen LogP contribution in [-0.4, -0.2) is 24.2 Å². The zero-order valence-corrected chi connectivity index (χ0v) is 10.6. The Morgan fingerprint density at radius 2 is 2.22 bits per heavy atom. The lowest BCUT2D eigenvalue weighted by Crippen LogP contribution is -2.15. The number of hydrogen-bond acceptors (Lipinski definition) is 4. The minimum atomic E-state index is -0.471. The zero-order valence-electron chi connectivity index (χ0n) is 10.6. The van der Waals surface area contributed by atoms with Gasteiger partial charge in [-0.15, -0.1) is 0 Å². The van der Waals surface area contributed by atoms with Crippen LogP contribution in [0.1, 0.15) is 30.1 Å². The Hall–Kier alpha value is -1.75. The van der Waals surface area contributed by atoms with Crippen molar-refractivity contribution in [1.82, 2.24) is 0 Å². The molecule has 0 heterocycles. The van der Waals surface area contributed by atoms with Gasteiger partial charge in [0.25, 0.3) is 5.91 Å². The van der Waals surface area contributed by atoms with Gasteiger partial charge in [0, 0.05) is 24.5 Å². The first kappa shape index (κ1) is 14.3. The van der Waals surface area contributed by atoms with Gasteiger partial charge in [0.15, 0.2) is 0 Å². The van der Waals surface area contributed by atoms with Gasteiger partial charge in [-0.1, -0.05) is 6.92 Å². The van der Waals surface area contributed by atoms with Gasteiger partial charge >= 0.3 is 0 Å². The van der Waals surface area contributed by atoms with E-state index in [1.54, 1.807) is 18.2 Å². The maximum Gasteiger partial charge on any atom is 0.250 e. The standard InChI is InChI=1S/C13H21N3O2/c1-9(8-17)3-2-6-16-12-7-10(14)4-5-11(12)13(15)18/h4-5,7,9,16-17H,2-3,6,8,14H2,1H3,(H2,15,18). The number of rotatable bonds is 7. The van der Waals surface area contributed by atoms with Crippen LogP contribution in [0.4, 0.5) is 11.4 Å². The Morgan fingerprint density at radius 3 is 2.83 bits per heavy atom. The first-order valence-corrected chi connectivity index (χ1v) is 6.08. The smallest absolute Gasteiger partial charge is 0.250 e. The summed E-state index contributed by atoms with van der Waals surface area (Å²) in [4.78, 5) is 11.2. The highest BCUT2D eigenvalue weighted by molar-refractivity contribution is 5.99. The maximum atomic E-state index is 11.2. The van der Waals surface area contributed by atoms with E-state index in [9.17, 15) is 4.79 Å². The average Bonchev–Trinajstić information content (AvgIpc) is 2.34. The monoisotopic (exact) mass is 251 g/mol. The van der Waals surface area contributed by atoms with Crippen molar-refractivity contribution in [2.75, 3.05) is 24.2 Å². The Morgan fingerprint density at radius 1 is 1.50 bits per heavy atom. The summed E-state index contributed by atoms with van der Waals surface area (Å²) in [6, 6.07) is 4.98. The van der Waals surface area contributed by atoms with Gasteiger partial charge in [0.1, 0.15) is 0 Å². The molecule has 1 atom stereocenters. The molecule has 6 N–H and O–H groups in total. The molecule has 0 saturated carbocycles. The highest BCUT2D eigenvalue weighted by Crippen LogP contribution is 2.19. The van der Waals surface area contributed by atoms with Crippen LogP contribution in [0.2, 0.25) is 0 Å². The van der Waals surface area contributed by atoms with E-state index < -0.39 is 5.91 Å². The van der Waals surface area contributed by atoms with Crippen molar-refractivity contribution in [2.45, 2.75) is 19.8 Å². The van der Waals surface area contributed by atoms with Crippen molar-refractivity contribution in [3.8, 4) is 0 Å². The fraction of sp³-hybridized carbons (Fsp3) is 0.462. The molecule has 0 aliphatic heterocycles. The second-order valence-electron chi connectivity index (χ2n) is 4.53. The number of nitrogen functional groups attached to an aromatic ring is 1. The minimum Gasteiger partial charge on any atom is -0.399 e. The molecule has 1 aromatic carbocycles. The number of primary amides is 1. The number of hydrogen-bond donors (Lipinski definition) is 4. The Kier molecular flexibility index (Phi) is 5.45. The van der Waals surface area contributed by atoms with Crippen molar-refractivity contribution >= 4 is 17.3 Å². The topological polar surface area (TPSA) is 101 Å². The molecule has 0 radical (unpaired) electrons. The van der Waals surface area contributed by atoms with E-state index in [4.69, 9.17) is 16.6 Å². The molecular weight excluding hydrogens is 230 g/mol. The van der Waals surface area contributed by atoms with Gasteiger partial charge in [0.05, 0.1) is 5.56 Å². The SMILES string of the molecule is CC(CO)CCCNc1cc(N)ccc1C(N)=O. The third-order valence-corrected chi connectivity index (χ3v) is 2.81. The minimum absolute atomic E-state index is 0.199. The Labute approximate surface area is 107 Å². The van der Waals surface area contributed by atoms with E-state index in [1.165, 1.54) is 0 Å². The number of aliphatic hydroxyl groups is 1. The predicted molar refractivity (Wildman–Crippen MR) is 73.3 cm³/mol. The normalized spacial score (nSPS) is 12.1. The van der Waals surface area contributed by atoms with E-state index in [-0.39, 0.29) is 6.61 Å². The lowest BCUT2D eigenvalue weighted by Gasteiger charge is -2.12. The number of carbonyl (C=O) groups excluding carboxylic acids is 1. The molecule has 100 valence electrons.